The van der Waals surface area contributed by atoms with Gasteiger partial charge in [-0.3, -0.25) is 28.8 Å². The number of hydrogen-bond donors (Lipinski definition) is 5. The van der Waals surface area contributed by atoms with Gasteiger partial charge in [0.2, 0.25) is 0 Å². The number of aliphatic hydroxyl groups excluding tert-OH is 1. The molecule has 5 N–H and O–H groups in total. The molecule has 0 atom stereocenters. The van der Waals surface area contributed by atoms with Crippen LogP contribution in [0, 0.1) is 34.0 Å². The van der Waals surface area contributed by atoms with Crippen molar-refractivity contribution < 1.29 is 48.5 Å². The maximum absolute atomic E-state index is 13.2. The maximum atomic E-state index is 13.2. The standard InChI is InChI=1S/2C35H46BrN3O3.C21H20BrN3O2.C14H28O2/c2*1-2-3-4-5-6-7-8-9-10-11-12-18-33(40)42-27-28-19-21-30(22-20-28)35(23-13-14-24-35)39-34(41)29(26-37)25-31-16-15-17-32(36)38-31;22-19-5-3-4-18(24-19)12-16(13-23)20(27)25-21(10-1-2-11-21)17-8-6-15(14-26)7-9-17;1-2-3-4-5-6-7-8-9-10-11-12-13-14(15)16/h2*15-17,19-22,25H,2-14,18,23-24,27H2,1H3,(H,39,41);3-9,12,26H,1-2,10-11,14H2,(H,25,27);2-13H2,1H3,(H,15,16)/b2*29-25+;16-12+;. The lowest BCUT2D eigenvalue weighted by Gasteiger charge is -2.31. The number of carbonyl (C=O) groups is 6. The van der Waals surface area contributed by atoms with Gasteiger partial charge >= 0.3 is 17.9 Å². The highest BCUT2D eigenvalue weighted by Crippen LogP contribution is 2.42. The number of nitrogens with one attached hydrogen (secondary N) is 3. The molecule has 0 unspecified atom stereocenters. The first kappa shape index (κ1) is 107. The number of aromatic nitrogens is 3. The number of carboxylic acids is 1. The summed E-state index contributed by atoms with van der Waals surface area (Å²) in [6, 6.07) is 45.6. The SMILES string of the molecule is CCCCCCCCCCCCCC(=O)O.CCCCCCCCCCCCCC(=O)OCc1ccc(C2(NC(=O)/C(C#N)=C/c3cccc(Br)n3)CCCC2)cc1.CCCCCCCCCCCCCC(=O)OCc1ccc(C2(NC(=O)/C(C#N)=C/c3cccc(Br)n3)CCCC2)cc1.N#C/C(=C\c1cccc(Br)n1)C(=O)NC1(c2ccc(CO)cc2)CCCC1. The molecule has 0 spiro atoms. The average Bonchev–Trinajstić information content (AvgIpc) is 1.72. The molecule has 0 aliphatic heterocycles. The quantitative estimate of drug-likeness (QED) is 0.00779. The number of esters is 2. The van der Waals surface area contributed by atoms with Crippen LogP contribution in [0.3, 0.4) is 0 Å². The van der Waals surface area contributed by atoms with Crippen LogP contribution >= 0.6 is 47.8 Å². The van der Waals surface area contributed by atoms with E-state index >= 15 is 0 Å². The molecule has 3 aromatic heterocycles. The largest absolute Gasteiger partial charge is 0.481 e. The lowest BCUT2D eigenvalue weighted by Crippen LogP contribution is -2.44. The summed E-state index contributed by atoms with van der Waals surface area (Å²) in [6.45, 7) is 7.23. The van der Waals surface area contributed by atoms with Crippen LogP contribution in [0.1, 0.15) is 379 Å². The normalized spacial score (nSPS) is 14.2. The zero-order chi connectivity index (χ0) is 91.4. The Morgan fingerprint density at radius 1 is 0.354 bits per heavy atom. The van der Waals surface area contributed by atoms with E-state index in [4.69, 9.17) is 14.6 Å². The summed E-state index contributed by atoms with van der Waals surface area (Å²) in [6.07, 6.45) is 58.3. The summed E-state index contributed by atoms with van der Waals surface area (Å²) >= 11 is 9.94. The van der Waals surface area contributed by atoms with E-state index < -0.39 is 40.3 Å². The zero-order valence-electron chi connectivity index (χ0n) is 75.9. The molecule has 6 aromatic rings. The minimum atomic E-state index is -0.657. The molecule has 22 heteroatoms. The average molecular weight is 1930 g/mol. The smallest absolute Gasteiger partial charge is 0.306 e. The van der Waals surface area contributed by atoms with Gasteiger partial charge in [0.1, 0.15) is 62.0 Å². The van der Waals surface area contributed by atoms with Gasteiger partial charge in [-0.05, 0) is 194 Å². The van der Waals surface area contributed by atoms with Gasteiger partial charge < -0.3 is 35.6 Å². The number of benzene rings is 3. The third kappa shape index (κ3) is 42.0. The second-order valence-corrected chi connectivity index (χ2v) is 36.7. The van der Waals surface area contributed by atoms with E-state index in [1.807, 2.05) is 103 Å². The minimum Gasteiger partial charge on any atom is -0.481 e. The van der Waals surface area contributed by atoms with Crippen LogP contribution in [0.5, 0.6) is 0 Å². The molecule has 3 heterocycles. The number of pyridine rings is 3. The maximum Gasteiger partial charge on any atom is 0.306 e. The molecule has 0 saturated heterocycles. The molecular formula is C105H140Br3N9O10. The summed E-state index contributed by atoms with van der Waals surface area (Å²) in [7, 11) is 0. The monoisotopic (exact) mass is 1920 g/mol. The third-order valence-electron chi connectivity index (χ3n) is 24.1. The number of carboxylic acid groups (broad SMARTS) is 1. The van der Waals surface area contributed by atoms with Crippen molar-refractivity contribution in [1.82, 2.24) is 30.9 Å². The molecule has 3 aromatic carbocycles. The highest BCUT2D eigenvalue weighted by molar-refractivity contribution is 9.11. The number of halogens is 3. The van der Waals surface area contributed by atoms with E-state index in [9.17, 15) is 49.7 Å². The zero-order valence-corrected chi connectivity index (χ0v) is 80.7. The summed E-state index contributed by atoms with van der Waals surface area (Å²) in [5.41, 5.74) is 5.84. The summed E-state index contributed by atoms with van der Waals surface area (Å²) < 4.78 is 13.0. The number of hydrogen-bond acceptors (Lipinski definition) is 15. The van der Waals surface area contributed by atoms with Gasteiger partial charge in [-0.25, -0.2) is 15.0 Å². The van der Waals surface area contributed by atoms with Crippen molar-refractivity contribution in [2.45, 2.75) is 365 Å². The van der Waals surface area contributed by atoms with Crippen molar-refractivity contribution in [3.05, 3.63) is 208 Å². The highest BCUT2D eigenvalue weighted by Gasteiger charge is 2.40. The van der Waals surface area contributed by atoms with Crippen molar-refractivity contribution in [1.29, 1.82) is 15.8 Å². The Balaban J connectivity index is 0.000000275. The molecule has 127 heavy (non-hydrogen) atoms. The molecule has 3 saturated carbocycles. The Morgan fingerprint density at radius 2 is 0.591 bits per heavy atom. The topological polar surface area (TPSA) is 307 Å². The number of rotatable bonds is 53. The van der Waals surface area contributed by atoms with E-state index in [-0.39, 0.29) is 48.5 Å². The first-order valence-corrected chi connectivity index (χ1v) is 49.8. The van der Waals surface area contributed by atoms with Crippen molar-refractivity contribution in [2.24, 2.45) is 0 Å². The fourth-order valence-corrected chi connectivity index (χ4v) is 17.8. The Hall–Kier alpha value is -8.98. The van der Waals surface area contributed by atoms with Crippen LogP contribution < -0.4 is 16.0 Å². The first-order valence-electron chi connectivity index (χ1n) is 47.4. The van der Waals surface area contributed by atoms with Crippen LogP contribution in [-0.2, 0) is 74.7 Å². The Morgan fingerprint density at radius 3 is 0.819 bits per heavy atom. The predicted molar refractivity (Wildman–Crippen MR) is 517 cm³/mol. The number of unbranched alkanes of at least 4 members (excludes halogenated alkanes) is 30. The van der Waals surface area contributed by atoms with E-state index in [0.29, 0.717) is 50.2 Å². The lowest BCUT2D eigenvalue weighted by atomic mass is 9.87. The molecule has 686 valence electrons. The molecule has 9 rings (SSSR count). The molecule has 3 aliphatic carbocycles. The predicted octanol–water partition coefficient (Wildman–Crippen LogP) is 26.8. The molecular weight excluding hydrogens is 1790 g/mol. The molecule has 3 aliphatic rings. The molecule has 0 radical (unpaired) electrons. The third-order valence-corrected chi connectivity index (χ3v) is 25.4. The van der Waals surface area contributed by atoms with E-state index in [0.717, 1.165) is 149 Å². The first-order chi connectivity index (χ1) is 61.7. The van der Waals surface area contributed by atoms with Gasteiger partial charge in [-0.1, -0.05) is 343 Å². The Kier molecular flexibility index (Phi) is 53.0. The van der Waals surface area contributed by atoms with Gasteiger partial charge in [-0.2, -0.15) is 15.8 Å². The summed E-state index contributed by atoms with van der Waals surface area (Å²) in [4.78, 5) is 86.8. The molecule has 3 amide bonds. The number of aliphatic carboxylic acids is 1. The lowest BCUT2D eigenvalue weighted by molar-refractivity contribution is -0.146. The molecule has 0 bridgehead atoms. The highest BCUT2D eigenvalue weighted by atomic mass is 79.9. The van der Waals surface area contributed by atoms with Crippen molar-refractivity contribution in [3.63, 3.8) is 0 Å². The van der Waals surface area contributed by atoms with Crippen molar-refractivity contribution in [3.8, 4) is 18.2 Å². The second kappa shape index (κ2) is 63.1. The number of nitrogens with zero attached hydrogens (tertiary/aromatic N) is 6. The van der Waals surface area contributed by atoms with Crippen LogP contribution in [0.4, 0.5) is 0 Å². The summed E-state index contributed by atoms with van der Waals surface area (Å²) in [5, 5.41) is 56.0. The molecule has 3 fully saturated rings. The van der Waals surface area contributed by atoms with Crippen molar-refractivity contribution in [2.75, 3.05) is 0 Å². The fourth-order valence-electron chi connectivity index (χ4n) is 16.7. The van der Waals surface area contributed by atoms with Crippen molar-refractivity contribution >= 4 is 102 Å². The van der Waals surface area contributed by atoms with Gasteiger partial charge in [-0.15, -0.1) is 0 Å². The van der Waals surface area contributed by atoms with E-state index in [1.165, 1.54) is 192 Å². The Bertz CT molecular complexity index is 4280. The van der Waals surface area contributed by atoms with Crippen LogP contribution in [0.25, 0.3) is 18.2 Å². The van der Waals surface area contributed by atoms with Gasteiger partial charge in [0.05, 0.1) is 40.3 Å². The number of carbonyl (C=O) groups excluding carboxylic acids is 5. The second-order valence-electron chi connectivity index (χ2n) is 34.2. The number of nitriles is 3. The van der Waals surface area contributed by atoms with Crippen LogP contribution in [0.15, 0.2) is 158 Å². The Labute approximate surface area is 783 Å². The number of ether oxygens (including phenoxy) is 2. The number of amides is 3. The van der Waals surface area contributed by atoms with Gasteiger partial charge in [0.15, 0.2) is 0 Å². The molecule has 19 nitrogen and oxygen atoms in total. The van der Waals surface area contributed by atoms with E-state index in [1.54, 1.807) is 42.5 Å². The van der Waals surface area contributed by atoms with E-state index in [2.05, 4.69) is 99.5 Å². The van der Waals surface area contributed by atoms with Gasteiger partial charge in [0.25, 0.3) is 17.7 Å². The van der Waals surface area contributed by atoms with Crippen LogP contribution in [-0.4, -0.2) is 60.8 Å². The van der Waals surface area contributed by atoms with Crippen LogP contribution in [0.2, 0.25) is 0 Å². The fraction of sp³-hybridized carbons (Fsp3) is 0.543. The summed E-state index contributed by atoms with van der Waals surface area (Å²) in [5.74, 6) is -2.15. The van der Waals surface area contributed by atoms with Gasteiger partial charge in [0, 0.05) is 19.3 Å². The minimum absolute atomic E-state index is 0.0133. The number of aliphatic hydroxyl groups is 1.